The van der Waals surface area contributed by atoms with Crippen molar-refractivity contribution in [1.29, 1.82) is 0 Å². The summed E-state index contributed by atoms with van der Waals surface area (Å²) in [6.45, 7) is 1.78. The summed E-state index contributed by atoms with van der Waals surface area (Å²) in [4.78, 5) is 19.3. The number of carbonyl (C=O) groups is 1. The lowest BCUT2D eigenvalue weighted by molar-refractivity contribution is -0.115. The first-order chi connectivity index (χ1) is 9.10. The molecule has 0 aliphatic carbocycles. The number of nitrogens with two attached hydrogens (primary N) is 1. The maximum Gasteiger partial charge on any atom is 0.224 e. The van der Waals surface area contributed by atoms with Gasteiger partial charge in [-0.3, -0.25) is 4.79 Å². The summed E-state index contributed by atoms with van der Waals surface area (Å²) in [6, 6.07) is 7.05. The summed E-state index contributed by atoms with van der Waals surface area (Å²) in [5.41, 5.74) is 8.48. The average Bonchev–Trinajstić information content (AvgIpc) is 2.41. The molecule has 0 atom stereocenters. The number of benzene rings is 1. The van der Waals surface area contributed by atoms with Crippen molar-refractivity contribution in [3.05, 3.63) is 35.7 Å². The van der Waals surface area contributed by atoms with Crippen LogP contribution in [0.1, 0.15) is 13.3 Å². The van der Waals surface area contributed by atoms with Crippen molar-refractivity contribution in [2.45, 2.75) is 13.3 Å². The van der Waals surface area contributed by atoms with E-state index in [0.29, 0.717) is 23.5 Å². The molecule has 0 bridgehead atoms. The SMILES string of the molecule is CCC(=O)Nc1ccc(-c2ccnc(Cl)n2)cc1N. The van der Waals surface area contributed by atoms with E-state index in [9.17, 15) is 4.79 Å². The van der Waals surface area contributed by atoms with Crippen LogP contribution >= 0.6 is 11.6 Å². The van der Waals surface area contributed by atoms with E-state index in [2.05, 4.69) is 15.3 Å². The number of hydrogen-bond acceptors (Lipinski definition) is 4. The maximum absolute atomic E-state index is 11.3. The van der Waals surface area contributed by atoms with Gasteiger partial charge in [-0.15, -0.1) is 0 Å². The number of amides is 1. The summed E-state index contributed by atoms with van der Waals surface area (Å²) < 4.78 is 0. The lowest BCUT2D eigenvalue weighted by atomic mass is 10.1. The van der Waals surface area contributed by atoms with Gasteiger partial charge in [0.05, 0.1) is 17.1 Å². The van der Waals surface area contributed by atoms with Crippen molar-refractivity contribution in [3.63, 3.8) is 0 Å². The quantitative estimate of drug-likeness (QED) is 0.667. The monoisotopic (exact) mass is 276 g/mol. The molecule has 0 aliphatic rings. The van der Waals surface area contributed by atoms with E-state index in [1.807, 2.05) is 6.07 Å². The van der Waals surface area contributed by atoms with Gasteiger partial charge in [-0.2, -0.15) is 0 Å². The number of anilines is 2. The molecule has 0 saturated carbocycles. The first kappa shape index (κ1) is 13.3. The number of nitrogen functional groups attached to an aromatic ring is 1. The van der Waals surface area contributed by atoms with Crippen molar-refractivity contribution >= 4 is 28.9 Å². The topological polar surface area (TPSA) is 80.9 Å². The molecule has 0 spiro atoms. The molecule has 98 valence electrons. The molecule has 19 heavy (non-hydrogen) atoms. The zero-order valence-corrected chi connectivity index (χ0v) is 11.1. The van der Waals surface area contributed by atoms with Crippen LogP contribution in [0.25, 0.3) is 11.3 Å². The number of nitrogens with zero attached hydrogens (tertiary/aromatic N) is 2. The lowest BCUT2D eigenvalue weighted by Gasteiger charge is -2.09. The van der Waals surface area contributed by atoms with Gasteiger partial charge < -0.3 is 11.1 Å². The van der Waals surface area contributed by atoms with Crippen molar-refractivity contribution in [2.24, 2.45) is 0 Å². The summed E-state index contributed by atoms with van der Waals surface area (Å²) in [5.74, 6) is -0.0791. The molecule has 6 heteroatoms. The minimum atomic E-state index is -0.0791. The van der Waals surface area contributed by atoms with Crippen LogP contribution in [-0.2, 0) is 4.79 Å². The van der Waals surface area contributed by atoms with E-state index < -0.39 is 0 Å². The molecule has 1 aromatic heterocycles. The second-order valence-corrected chi connectivity index (χ2v) is 4.25. The van der Waals surface area contributed by atoms with E-state index in [1.165, 1.54) is 0 Å². The van der Waals surface area contributed by atoms with Crippen LogP contribution in [0.15, 0.2) is 30.5 Å². The molecule has 0 saturated heterocycles. The van der Waals surface area contributed by atoms with Gasteiger partial charge in [-0.1, -0.05) is 13.0 Å². The third kappa shape index (κ3) is 3.20. The second-order valence-electron chi connectivity index (χ2n) is 3.91. The van der Waals surface area contributed by atoms with E-state index in [1.54, 1.807) is 31.3 Å². The lowest BCUT2D eigenvalue weighted by Crippen LogP contribution is -2.11. The Morgan fingerprint density at radius 3 is 2.84 bits per heavy atom. The van der Waals surface area contributed by atoms with Crippen LogP contribution in [0, 0.1) is 0 Å². The third-order valence-electron chi connectivity index (χ3n) is 2.57. The molecular weight excluding hydrogens is 264 g/mol. The highest BCUT2D eigenvalue weighted by Crippen LogP contribution is 2.26. The molecular formula is C13H13ClN4O. The maximum atomic E-state index is 11.3. The molecule has 1 amide bonds. The number of carbonyl (C=O) groups excluding carboxylic acids is 1. The first-order valence-electron chi connectivity index (χ1n) is 5.78. The average molecular weight is 277 g/mol. The van der Waals surface area contributed by atoms with Gasteiger partial charge in [-0.25, -0.2) is 9.97 Å². The molecule has 0 unspecified atom stereocenters. The smallest absolute Gasteiger partial charge is 0.224 e. The predicted octanol–water partition coefficient (Wildman–Crippen LogP) is 2.73. The van der Waals surface area contributed by atoms with Gasteiger partial charge in [0.25, 0.3) is 0 Å². The predicted molar refractivity (Wildman–Crippen MR) is 75.8 cm³/mol. The molecule has 2 rings (SSSR count). The van der Waals surface area contributed by atoms with E-state index in [4.69, 9.17) is 17.3 Å². The standard InChI is InChI=1S/C13H13ClN4O/c1-2-12(19)17-11-4-3-8(7-9(11)15)10-5-6-16-13(14)18-10/h3-7H,2,15H2,1H3,(H,17,19). The molecule has 0 aliphatic heterocycles. The van der Waals surface area contributed by atoms with Crippen LogP contribution in [-0.4, -0.2) is 15.9 Å². The van der Waals surface area contributed by atoms with Crippen molar-refractivity contribution in [2.75, 3.05) is 11.1 Å². The third-order valence-corrected chi connectivity index (χ3v) is 2.75. The zero-order chi connectivity index (χ0) is 13.8. The van der Waals surface area contributed by atoms with Gasteiger partial charge >= 0.3 is 0 Å². The Hall–Kier alpha value is -2.14. The first-order valence-corrected chi connectivity index (χ1v) is 6.16. The van der Waals surface area contributed by atoms with Crippen molar-refractivity contribution < 1.29 is 4.79 Å². The number of aromatic nitrogens is 2. The van der Waals surface area contributed by atoms with Crippen LogP contribution in [0.5, 0.6) is 0 Å². The number of nitrogens with one attached hydrogen (secondary N) is 1. The Morgan fingerprint density at radius 1 is 1.42 bits per heavy atom. The van der Waals surface area contributed by atoms with Crippen molar-refractivity contribution in [3.8, 4) is 11.3 Å². The minimum absolute atomic E-state index is 0.0791. The Bertz CT molecular complexity index is 615. The normalized spacial score (nSPS) is 10.2. The number of hydrogen-bond donors (Lipinski definition) is 2. The molecule has 1 aromatic carbocycles. The van der Waals surface area contributed by atoms with E-state index in [0.717, 1.165) is 5.56 Å². The van der Waals surface area contributed by atoms with E-state index in [-0.39, 0.29) is 11.2 Å². The summed E-state index contributed by atoms with van der Waals surface area (Å²) in [7, 11) is 0. The number of halogens is 1. The Labute approximate surface area is 115 Å². The highest BCUT2D eigenvalue weighted by atomic mass is 35.5. The van der Waals surface area contributed by atoms with E-state index >= 15 is 0 Å². The largest absolute Gasteiger partial charge is 0.397 e. The van der Waals surface area contributed by atoms with Gasteiger partial charge in [0.1, 0.15) is 0 Å². The fourth-order valence-electron chi connectivity index (χ4n) is 1.57. The molecule has 1 heterocycles. The van der Waals surface area contributed by atoms with Crippen LogP contribution in [0.3, 0.4) is 0 Å². The highest BCUT2D eigenvalue weighted by molar-refractivity contribution is 6.28. The molecule has 5 nitrogen and oxygen atoms in total. The second kappa shape index (κ2) is 5.67. The van der Waals surface area contributed by atoms with Crippen molar-refractivity contribution in [1.82, 2.24) is 9.97 Å². The van der Waals surface area contributed by atoms with Crippen LogP contribution in [0.4, 0.5) is 11.4 Å². The zero-order valence-electron chi connectivity index (χ0n) is 10.4. The van der Waals surface area contributed by atoms with Gasteiger partial charge in [0.2, 0.25) is 11.2 Å². The van der Waals surface area contributed by atoms with Crippen LogP contribution < -0.4 is 11.1 Å². The Morgan fingerprint density at radius 2 is 2.21 bits per heavy atom. The Balaban J connectivity index is 2.31. The van der Waals surface area contributed by atoms with Gasteiger partial charge in [0.15, 0.2) is 0 Å². The Kier molecular flexibility index (Phi) is 3.97. The summed E-state index contributed by atoms with van der Waals surface area (Å²) in [5, 5.41) is 2.91. The van der Waals surface area contributed by atoms with Gasteiger partial charge in [0, 0.05) is 18.2 Å². The summed E-state index contributed by atoms with van der Waals surface area (Å²) >= 11 is 5.74. The molecule has 2 aromatic rings. The molecule has 3 N–H and O–H groups in total. The van der Waals surface area contributed by atoms with Gasteiger partial charge in [-0.05, 0) is 29.8 Å². The molecule has 0 radical (unpaired) electrons. The number of rotatable bonds is 3. The minimum Gasteiger partial charge on any atom is -0.397 e. The summed E-state index contributed by atoms with van der Waals surface area (Å²) in [6.07, 6.45) is 1.98. The molecule has 0 fully saturated rings. The van der Waals surface area contributed by atoms with Crippen LogP contribution in [0.2, 0.25) is 5.28 Å². The highest BCUT2D eigenvalue weighted by Gasteiger charge is 2.06. The fraction of sp³-hybridized carbons (Fsp3) is 0.154. The fourth-order valence-corrected chi connectivity index (χ4v) is 1.72.